The lowest BCUT2D eigenvalue weighted by atomic mass is 9.98. The molecule has 0 unspecified atom stereocenters. The number of methoxy groups -OCH3 is 1. The van der Waals surface area contributed by atoms with E-state index in [1.165, 1.54) is 19.2 Å². The number of nitrogens with one attached hydrogen (secondary N) is 2. The minimum Gasteiger partial charge on any atom is -0.468 e. The van der Waals surface area contributed by atoms with Crippen LogP contribution in [0.2, 0.25) is 0 Å². The maximum atomic E-state index is 13.1. The number of para-hydroxylation sites is 1. The Morgan fingerprint density at radius 2 is 1.62 bits per heavy atom. The monoisotopic (exact) mass is 518 g/mol. The first-order chi connectivity index (χ1) is 17.7. The van der Waals surface area contributed by atoms with Crippen LogP contribution in [0.4, 0.5) is 0 Å². The Hall–Kier alpha value is -3.75. The number of carbonyl (C=O) groups is 2. The molecule has 0 radical (unpaired) electrons. The molecule has 37 heavy (non-hydrogen) atoms. The van der Waals surface area contributed by atoms with E-state index in [9.17, 15) is 18.0 Å². The van der Waals surface area contributed by atoms with E-state index in [0.717, 1.165) is 22.0 Å². The molecule has 4 aromatic rings. The van der Waals surface area contributed by atoms with Crippen molar-refractivity contribution in [3.05, 3.63) is 101 Å². The van der Waals surface area contributed by atoms with Gasteiger partial charge in [-0.3, -0.25) is 9.59 Å². The number of aromatic amines is 1. The second-order valence-corrected chi connectivity index (χ2v) is 11.0. The van der Waals surface area contributed by atoms with Crippen molar-refractivity contribution in [3.8, 4) is 0 Å². The van der Waals surface area contributed by atoms with E-state index < -0.39 is 22.0 Å². The normalized spacial score (nSPS) is 12.5. The summed E-state index contributed by atoms with van der Waals surface area (Å²) in [5.74, 6) is -0.346. The second kappa shape index (κ2) is 11.1. The fourth-order valence-corrected chi connectivity index (χ4v) is 5.40. The maximum Gasteiger partial charge on any atom is 0.324 e. The Labute approximate surface area is 216 Å². The molecule has 0 aliphatic carbocycles. The Morgan fingerprint density at radius 3 is 2.27 bits per heavy atom. The molecule has 1 heterocycles. The Morgan fingerprint density at radius 1 is 0.946 bits per heavy atom. The van der Waals surface area contributed by atoms with Crippen LogP contribution in [0.25, 0.3) is 10.9 Å². The van der Waals surface area contributed by atoms with Gasteiger partial charge in [0.1, 0.15) is 6.04 Å². The predicted octanol–water partition coefficient (Wildman–Crippen LogP) is 4.78. The minimum absolute atomic E-state index is 0.00202. The first-order valence-electron chi connectivity index (χ1n) is 12.0. The third kappa shape index (κ3) is 6.15. The molecule has 2 N–H and O–H groups in total. The van der Waals surface area contributed by atoms with Gasteiger partial charge in [-0.05, 0) is 40.8 Å². The molecular formula is C29H30N2O5S. The molecule has 0 bridgehead atoms. The number of hydrogen-bond donors (Lipinski definition) is 2. The number of H-pyrrole nitrogens is 1. The van der Waals surface area contributed by atoms with Crippen LogP contribution < -0.4 is 4.72 Å². The lowest BCUT2D eigenvalue weighted by Gasteiger charge is -2.17. The van der Waals surface area contributed by atoms with Crippen LogP contribution in [-0.4, -0.2) is 38.3 Å². The first kappa shape index (κ1) is 26.3. The summed E-state index contributed by atoms with van der Waals surface area (Å²) < 4.78 is 33.6. The Balaban J connectivity index is 1.47. The molecule has 0 spiro atoms. The average Bonchev–Trinajstić information content (AvgIpc) is 3.30. The van der Waals surface area contributed by atoms with Crippen molar-refractivity contribution in [2.45, 2.75) is 43.5 Å². The molecule has 7 nitrogen and oxygen atoms in total. The zero-order valence-electron chi connectivity index (χ0n) is 21.0. The van der Waals surface area contributed by atoms with Gasteiger partial charge in [-0.1, -0.05) is 68.4 Å². The highest BCUT2D eigenvalue weighted by Gasteiger charge is 2.27. The van der Waals surface area contributed by atoms with Gasteiger partial charge in [0.05, 0.1) is 12.0 Å². The van der Waals surface area contributed by atoms with Crippen LogP contribution in [0.5, 0.6) is 0 Å². The van der Waals surface area contributed by atoms with Crippen molar-refractivity contribution in [3.63, 3.8) is 0 Å². The molecule has 0 aliphatic rings. The van der Waals surface area contributed by atoms with Crippen LogP contribution in [-0.2, 0) is 32.4 Å². The summed E-state index contributed by atoms with van der Waals surface area (Å²) in [6.45, 7) is 4.19. The number of benzene rings is 3. The van der Waals surface area contributed by atoms with Gasteiger partial charge in [-0.2, -0.15) is 4.72 Å². The summed E-state index contributed by atoms with van der Waals surface area (Å²) in [5.41, 5.74) is 4.16. The smallest absolute Gasteiger partial charge is 0.324 e. The molecule has 1 atom stereocenters. The number of aromatic nitrogens is 1. The lowest BCUT2D eigenvalue weighted by molar-refractivity contribution is -0.142. The van der Waals surface area contributed by atoms with Gasteiger partial charge in [0.2, 0.25) is 10.0 Å². The predicted molar refractivity (Wildman–Crippen MR) is 143 cm³/mol. The molecule has 0 saturated heterocycles. The molecule has 8 heteroatoms. The van der Waals surface area contributed by atoms with Crippen molar-refractivity contribution in [2.75, 3.05) is 7.11 Å². The van der Waals surface area contributed by atoms with Gasteiger partial charge in [0.15, 0.2) is 5.78 Å². The van der Waals surface area contributed by atoms with E-state index in [4.69, 9.17) is 4.74 Å². The zero-order valence-corrected chi connectivity index (χ0v) is 21.8. The number of hydrogen-bond acceptors (Lipinski definition) is 5. The topological polar surface area (TPSA) is 105 Å². The van der Waals surface area contributed by atoms with Crippen molar-refractivity contribution in [1.29, 1.82) is 0 Å². The van der Waals surface area contributed by atoms with Crippen LogP contribution in [0.1, 0.15) is 46.8 Å². The SMILES string of the molecule is COC(=O)[C@@H](Cc1c[nH]c2ccccc12)NS(=O)(=O)c1ccc(CC(=O)c2ccc(C(C)C)cc2)cc1. The van der Waals surface area contributed by atoms with Gasteiger partial charge >= 0.3 is 5.97 Å². The van der Waals surface area contributed by atoms with Crippen molar-refractivity contribution in [1.82, 2.24) is 9.71 Å². The molecule has 192 valence electrons. The summed E-state index contributed by atoms with van der Waals surface area (Å²) >= 11 is 0. The number of fused-ring (bicyclic) bond motifs is 1. The molecule has 0 fully saturated rings. The number of sulfonamides is 1. The third-order valence-corrected chi connectivity index (χ3v) is 7.87. The number of ketones is 1. The van der Waals surface area contributed by atoms with E-state index in [1.807, 2.05) is 48.5 Å². The van der Waals surface area contributed by atoms with Gasteiger partial charge in [0, 0.05) is 35.5 Å². The van der Waals surface area contributed by atoms with E-state index in [-0.39, 0.29) is 23.5 Å². The zero-order chi connectivity index (χ0) is 26.6. The van der Waals surface area contributed by atoms with Gasteiger partial charge in [0.25, 0.3) is 0 Å². The fourth-order valence-electron chi connectivity index (χ4n) is 4.22. The number of carbonyl (C=O) groups excluding carboxylic acids is 2. The maximum absolute atomic E-state index is 13.1. The van der Waals surface area contributed by atoms with Crippen molar-refractivity contribution in [2.24, 2.45) is 0 Å². The number of ether oxygens (including phenoxy) is 1. The lowest BCUT2D eigenvalue weighted by Crippen LogP contribution is -2.42. The highest BCUT2D eigenvalue weighted by molar-refractivity contribution is 7.89. The van der Waals surface area contributed by atoms with E-state index in [0.29, 0.717) is 17.0 Å². The van der Waals surface area contributed by atoms with E-state index in [1.54, 1.807) is 18.3 Å². The fraction of sp³-hybridized carbons (Fsp3) is 0.241. The Bertz CT molecular complexity index is 1500. The highest BCUT2D eigenvalue weighted by atomic mass is 32.2. The van der Waals surface area contributed by atoms with Gasteiger partial charge in [-0.25, -0.2) is 8.42 Å². The molecule has 0 saturated carbocycles. The van der Waals surface area contributed by atoms with Crippen LogP contribution >= 0.6 is 0 Å². The number of rotatable bonds is 10. The van der Waals surface area contributed by atoms with E-state index in [2.05, 4.69) is 23.6 Å². The van der Waals surface area contributed by atoms with Crippen LogP contribution in [0.3, 0.4) is 0 Å². The molecule has 3 aromatic carbocycles. The minimum atomic E-state index is -4.03. The number of Topliss-reactive ketones (excluding diaryl/α,β-unsaturated/α-hetero) is 1. The highest BCUT2D eigenvalue weighted by Crippen LogP contribution is 2.21. The summed E-state index contributed by atoms with van der Waals surface area (Å²) in [5, 5.41) is 0.906. The molecule has 0 aliphatic heterocycles. The molecule has 4 rings (SSSR count). The second-order valence-electron chi connectivity index (χ2n) is 9.28. The summed E-state index contributed by atoms with van der Waals surface area (Å²) in [4.78, 5) is 28.3. The molecule has 0 amide bonds. The standard InChI is InChI=1S/C29H30N2O5S/c1-19(2)21-10-12-22(13-11-21)28(32)16-20-8-14-24(15-9-20)37(34,35)31-27(29(33)36-3)17-23-18-30-26-7-5-4-6-25(23)26/h4-15,18-19,27,30-31H,16-17H2,1-3H3/t27-/m1/s1. The number of esters is 1. The van der Waals surface area contributed by atoms with Gasteiger partial charge < -0.3 is 9.72 Å². The summed E-state index contributed by atoms with van der Waals surface area (Å²) in [6, 6.07) is 20.1. The quantitative estimate of drug-likeness (QED) is 0.232. The Kier molecular flexibility index (Phi) is 7.90. The van der Waals surface area contributed by atoms with Crippen molar-refractivity contribution >= 4 is 32.7 Å². The van der Waals surface area contributed by atoms with E-state index >= 15 is 0 Å². The summed E-state index contributed by atoms with van der Waals surface area (Å²) in [7, 11) is -2.80. The molecule has 1 aromatic heterocycles. The molecular weight excluding hydrogens is 488 g/mol. The van der Waals surface area contributed by atoms with Crippen LogP contribution in [0, 0.1) is 0 Å². The first-order valence-corrected chi connectivity index (χ1v) is 13.5. The largest absolute Gasteiger partial charge is 0.468 e. The average molecular weight is 519 g/mol. The van der Waals surface area contributed by atoms with Crippen molar-refractivity contribution < 1.29 is 22.7 Å². The summed E-state index contributed by atoms with van der Waals surface area (Å²) in [6.07, 6.45) is 2.04. The van der Waals surface area contributed by atoms with Crippen LogP contribution in [0.15, 0.2) is 83.9 Å². The third-order valence-electron chi connectivity index (χ3n) is 6.38. The van der Waals surface area contributed by atoms with Gasteiger partial charge in [-0.15, -0.1) is 0 Å².